The Morgan fingerprint density at radius 2 is 1.75 bits per heavy atom. The lowest BCUT2D eigenvalue weighted by Gasteiger charge is -2.41. The highest BCUT2D eigenvalue weighted by atomic mass is 32.1. The predicted octanol–water partition coefficient (Wildman–Crippen LogP) is 8.66. The number of rotatable bonds is 12. The van der Waals surface area contributed by atoms with Gasteiger partial charge in [0.1, 0.15) is 22.7 Å². The lowest BCUT2D eigenvalue weighted by molar-refractivity contribution is -0.157. The Morgan fingerprint density at radius 3 is 2.48 bits per heavy atom. The van der Waals surface area contributed by atoms with E-state index in [0.717, 1.165) is 120 Å². The van der Waals surface area contributed by atoms with Crippen LogP contribution in [0.25, 0.3) is 33.4 Å². The Kier molecular flexibility index (Phi) is 14.7. The molecule has 7 aliphatic heterocycles. The van der Waals surface area contributed by atoms with Gasteiger partial charge < -0.3 is 38.5 Å². The van der Waals surface area contributed by atoms with Crippen LogP contribution >= 0.6 is 11.3 Å². The third-order valence-electron chi connectivity index (χ3n) is 18.6. The molecule has 8 bridgehead atoms. The number of hydrogen-bond acceptors (Lipinski definition) is 14. The first-order valence-corrected chi connectivity index (χ1v) is 30.0. The molecule has 13 rings (SSSR count). The third kappa shape index (κ3) is 10.7. The van der Waals surface area contributed by atoms with Crippen molar-refractivity contribution in [3.63, 3.8) is 0 Å². The van der Waals surface area contributed by atoms with Crippen LogP contribution in [0.4, 0.5) is 0 Å². The van der Waals surface area contributed by atoms with Gasteiger partial charge in [-0.25, -0.2) is 10.4 Å². The summed E-state index contributed by atoms with van der Waals surface area (Å²) in [6, 6.07) is 7.59. The largest absolute Gasteiger partial charge is 0.464 e. The quantitative estimate of drug-likeness (QED) is 0.130. The minimum Gasteiger partial charge on any atom is -0.464 e. The van der Waals surface area contributed by atoms with Crippen molar-refractivity contribution in [1.29, 1.82) is 0 Å². The summed E-state index contributed by atoms with van der Waals surface area (Å²) in [6.07, 6.45) is 13.3. The SMILES string of the molecule is CO[C@@H](C)c1ncc(C2CCN(C3CC3)CC2)cc1-c1c2c3cc(ccc3n1CCO[C@H]1CCOC(C)(C)C1)-c1csc(n1)[C@@H](N1CCCC1)[C@H](NC(=O)C13CC(C1)[C@H](C)O3)C(=O)N1CCC[C@H](N1)C(=O)OCC(C)(C)C2. The van der Waals surface area contributed by atoms with E-state index < -0.39 is 35.1 Å². The summed E-state index contributed by atoms with van der Waals surface area (Å²) in [5.74, 6) is -0.222. The molecule has 2 saturated carbocycles. The van der Waals surface area contributed by atoms with Crippen LogP contribution < -0.4 is 10.7 Å². The van der Waals surface area contributed by atoms with Gasteiger partial charge in [-0.2, -0.15) is 0 Å². The summed E-state index contributed by atoms with van der Waals surface area (Å²) in [7, 11) is 1.76. The molecule has 2 N–H and O–H groups in total. The van der Waals surface area contributed by atoms with Crippen LogP contribution in [0.5, 0.6) is 0 Å². The molecule has 6 atom stereocenters. The first kappa shape index (κ1) is 53.3. The van der Waals surface area contributed by atoms with Crippen LogP contribution in [-0.4, -0.2) is 148 Å². The second-order valence-corrected chi connectivity index (χ2v) is 26.3. The van der Waals surface area contributed by atoms with Crippen LogP contribution in [0.15, 0.2) is 35.8 Å². The molecule has 17 heteroatoms. The zero-order chi connectivity index (χ0) is 53.4. The van der Waals surface area contributed by atoms with Crippen molar-refractivity contribution in [2.75, 3.05) is 59.7 Å². The molecular formula is C60H82N8O8S. The van der Waals surface area contributed by atoms with Crippen molar-refractivity contribution in [2.45, 2.75) is 191 Å². The summed E-state index contributed by atoms with van der Waals surface area (Å²) in [5, 5.41) is 8.81. The first-order chi connectivity index (χ1) is 37.1. The molecule has 6 saturated heterocycles. The number of thiazole rings is 1. The van der Waals surface area contributed by atoms with Gasteiger partial charge in [-0.3, -0.25) is 29.3 Å². The van der Waals surface area contributed by atoms with Crippen LogP contribution in [0.1, 0.15) is 158 Å². The highest BCUT2D eigenvalue weighted by molar-refractivity contribution is 7.10. The minimum absolute atomic E-state index is 0.0142. The van der Waals surface area contributed by atoms with Gasteiger partial charge in [0.15, 0.2) is 0 Å². The zero-order valence-corrected chi connectivity index (χ0v) is 47.4. The number of likely N-dealkylation sites (tertiary alicyclic amines) is 2. The number of hydrazine groups is 1. The average molecular weight is 1080 g/mol. The van der Waals surface area contributed by atoms with Crippen LogP contribution in [-0.2, 0) is 51.0 Å². The number of nitrogens with one attached hydrogen (secondary N) is 2. The van der Waals surface area contributed by atoms with Gasteiger partial charge >= 0.3 is 5.97 Å². The maximum Gasteiger partial charge on any atom is 0.324 e. The molecule has 16 nitrogen and oxygen atoms in total. The van der Waals surface area contributed by atoms with Crippen LogP contribution in [0.3, 0.4) is 0 Å². The average Bonchev–Trinajstić information content (AvgIpc) is 4.03. The van der Waals surface area contributed by atoms with E-state index in [9.17, 15) is 9.59 Å². The molecule has 10 heterocycles. The van der Waals surface area contributed by atoms with Gasteiger partial charge in [0, 0.05) is 78.3 Å². The Bertz CT molecular complexity index is 2840. The number of carbonyl (C=O) groups is 3. The molecule has 0 radical (unpaired) electrons. The topological polar surface area (TPSA) is 162 Å². The highest BCUT2D eigenvalue weighted by Crippen LogP contribution is 2.53. The van der Waals surface area contributed by atoms with Crippen molar-refractivity contribution < 1.29 is 38.1 Å². The van der Waals surface area contributed by atoms with E-state index in [0.29, 0.717) is 70.2 Å². The minimum atomic E-state index is -0.994. The van der Waals surface area contributed by atoms with Gasteiger partial charge in [0.05, 0.1) is 60.3 Å². The van der Waals surface area contributed by atoms with Crippen molar-refractivity contribution >= 4 is 40.0 Å². The summed E-state index contributed by atoms with van der Waals surface area (Å²) < 4.78 is 34.3. The number of hydrogen-bond donors (Lipinski definition) is 2. The van der Waals surface area contributed by atoms with E-state index in [-0.39, 0.29) is 42.3 Å². The zero-order valence-electron chi connectivity index (χ0n) is 46.6. The maximum atomic E-state index is 15.3. The Morgan fingerprint density at radius 1 is 0.961 bits per heavy atom. The van der Waals surface area contributed by atoms with Gasteiger partial charge in [-0.05, 0) is 172 Å². The lowest BCUT2D eigenvalue weighted by atomic mass is 9.72. The van der Waals surface area contributed by atoms with Crippen molar-refractivity contribution in [3.8, 4) is 22.5 Å². The molecule has 0 spiro atoms. The van der Waals surface area contributed by atoms with E-state index >= 15 is 4.79 Å². The fourth-order valence-electron chi connectivity index (χ4n) is 14.0. The second-order valence-electron chi connectivity index (χ2n) is 25.4. The normalized spacial score (nSPS) is 30.5. The number of methoxy groups -OCH3 is 1. The number of aromatic nitrogens is 3. The molecule has 77 heavy (non-hydrogen) atoms. The van der Waals surface area contributed by atoms with E-state index in [1.807, 2.05) is 6.92 Å². The maximum absolute atomic E-state index is 15.3. The molecule has 1 aromatic carbocycles. The van der Waals surface area contributed by atoms with Crippen molar-refractivity contribution in [2.24, 2.45) is 11.3 Å². The number of nitrogens with zero attached hydrogens (tertiary/aromatic N) is 6. The molecule has 9 aliphatic rings. The second kappa shape index (κ2) is 21.3. The van der Waals surface area contributed by atoms with E-state index in [1.54, 1.807) is 12.1 Å². The summed E-state index contributed by atoms with van der Waals surface area (Å²) >= 11 is 1.54. The number of pyridine rings is 1. The fraction of sp³-hybridized carbons (Fsp3) is 0.683. The number of piperidine rings is 1. The molecule has 2 aliphatic carbocycles. The Labute approximate surface area is 458 Å². The molecular weight excluding hydrogens is 993 g/mol. The molecule has 2 amide bonds. The third-order valence-corrected chi connectivity index (χ3v) is 19.5. The van der Waals surface area contributed by atoms with E-state index in [2.05, 4.69) is 95.6 Å². The molecule has 8 fully saturated rings. The van der Waals surface area contributed by atoms with E-state index in [4.69, 9.17) is 33.7 Å². The van der Waals surface area contributed by atoms with Crippen molar-refractivity contribution in [3.05, 3.63) is 57.7 Å². The van der Waals surface area contributed by atoms with Crippen LogP contribution in [0, 0.1) is 11.3 Å². The summed E-state index contributed by atoms with van der Waals surface area (Å²) in [6.45, 7) is 18.8. The smallest absolute Gasteiger partial charge is 0.324 e. The monoisotopic (exact) mass is 1070 g/mol. The number of ether oxygens (including phenoxy) is 5. The number of fused-ring (bicyclic) bond motifs is 7. The number of amides is 2. The Balaban J connectivity index is 0.998. The number of cyclic esters (lactones) is 1. The summed E-state index contributed by atoms with van der Waals surface area (Å²) in [4.78, 5) is 60.1. The van der Waals surface area contributed by atoms with Crippen molar-refractivity contribution in [1.82, 2.24) is 40.1 Å². The predicted molar refractivity (Wildman–Crippen MR) is 295 cm³/mol. The standard InChI is InChI=1S/C60H82N8O8S/c1-36-41-29-60(30-41,76-36)57(71)63-51-53(66-19-8-9-20-66)54-62-48(34-77-54)39-12-15-49-44(27-39)46(32-58(3,4)35-74-56(70)47-11-10-21-68(64-47)55(51)69)52(67(49)24-26-73-43-18-25-75-59(5,6)31-43)45-28-40(33-61-50(45)37(2)72-7)38-16-22-65(23-17-38)42-13-14-42/h12,15,27-28,33-34,36-38,41-43,47,51,53,64H,8-11,13-14,16-26,29-32,35H2,1-7H3,(H,63,71)/t36-,37-,41?,43-,47-,51-,53-,60?/m0/s1. The molecule has 416 valence electrons. The number of esters is 1. The first-order valence-electron chi connectivity index (χ1n) is 29.2. The van der Waals surface area contributed by atoms with Gasteiger partial charge in [-0.1, -0.05) is 19.9 Å². The summed E-state index contributed by atoms with van der Waals surface area (Å²) in [5.41, 5.74) is 9.83. The molecule has 3 aromatic heterocycles. The van der Waals surface area contributed by atoms with Gasteiger partial charge in [0.25, 0.3) is 11.8 Å². The van der Waals surface area contributed by atoms with Gasteiger partial charge in [0.2, 0.25) is 0 Å². The van der Waals surface area contributed by atoms with E-state index in [1.165, 1.54) is 29.7 Å². The number of benzene rings is 1. The molecule has 4 aromatic rings. The fourth-order valence-corrected chi connectivity index (χ4v) is 15.0. The molecule has 0 unspecified atom stereocenters. The number of carbonyl (C=O) groups excluding carboxylic acids is 3. The van der Waals surface area contributed by atoms with Gasteiger partial charge in [-0.15, -0.1) is 11.3 Å². The van der Waals surface area contributed by atoms with Crippen LogP contribution in [0.2, 0.25) is 0 Å². The lowest BCUT2D eigenvalue weighted by Crippen LogP contribution is -2.64. The highest BCUT2D eigenvalue weighted by Gasteiger charge is 2.61. The Hall–Kier alpha value is -4.33.